The molecule has 2 N–H and O–H groups in total. The van der Waals surface area contributed by atoms with Crippen molar-refractivity contribution in [3.63, 3.8) is 0 Å². The number of rotatable bonds is 5. The minimum absolute atomic E-state index is 0.0400. The van der Waals surface area contributed by atoms with Crippen molar-refractivity contribution in [1.29, 1.82) is 0 Å². The van der Waals surface area contributed by atoms with E-state index in [1.54, 1.807) is 5.32 Å². The fourth-order valence-electron chi connectivity index (χ4n) is 2.99. The average Bonchev–Trinajstić information content (AvgIpc) is 3.03. The van der Waals surface area contributed by atoms with Crippen LogP contribution >= 0.6 is 0 Å². The smallest absolute Gasteiger partial charge is 0.329 e. The number of hydrogen-bond donors (Lipinski definition) is 2. The Morgan fingerprint density at radius 2 is 1.82 bits per heavy atom. The van der Waals surface area contributed by atoms with Crippen LogP contribution in [0.3, 0.4) is 0 Å². The fraction of sp³-hybridized carbons (Fsp3) is 0.471. The van der Waals surface area contributed by atoms with Gasteiger partial charge in [-0.05, 0) is 12.1 Å². The summed E-state index contributed by atoms with van der Waals surface area (Å²) in [6.07, 6.45) is -0.598. The molecule has 152 valence electrons. The van der Waals surface area contributed by atoms with E-state index in [1.165, 1.54) is 0 Å². The first kappa shape index (κ1) is 20.1. The molecule has 0 aromatic carbocycles. The van der Waals surface area contributed by atoms with Crippen LogP contribution in [0.15, 0.2) is 30.6 Å². The standard InChI is InChI=1S/C17H21F3N6O2/c18-17(19,20)12-21-16(28)23-15(27)11-25-7-5-24(6-8-25)9-13-10-26-4-2-1-3-14(26)22-13/h1-4,10H,5-9,11-12H2,(H2,21,23,27,28). The summed E-state index contributed by atoms with van der Waals surface area (Å²) < 4.78 is 38.1. The van der Waals surface area contributed by atoms with Crippen LogP contribution in [0.4, 0.5) is 18.0 Å². The Morgan fingerprint density at radius 1 is 1.11 bits per heavy atom. The number of pyridine rings is 1. The molecule has 0 unspecified atom stereocenters. The third-order valence-corrected chi connectivity index (χ3v) is 4.33. The van der Waals surface area contributed by atoms with Crippen molar-refractivity contribution < 1.29 is 22.8 Å². The second-order valence-electron chi connectivity index (χ2n) is 6.60. The number of urea groups is 1. The van der Waals surface area contributed by atoms with E-state index in [9.17, 15) is 22.8 Å². The van der Waals surface area contributed by atoms with Crippen molar-refractivity contribution in [3.05, 3.63) is 36.3 Å². The predicted molar refractivity (Wildman–Crippen MR) is 94.5 cm³/mol. The Morgan fingerprint density at radius 3 is 2.50 bits per heavy atom. The molecular weight excluding hydrogens is 377 g/mol. The van der Waals surface area contributed by atoms with Gasteiger partial charge in [-0.25, -0.2) is 9.78 Å². The van der Waals surface area contributed by atoms with Crippen LogP contribution in [0.25, 0.3) is 5.65 Å². The molecule has 3 amide bonds. The molecule has 0 radical (unpaired) electrons. The van der Waals surface area contributed by atoms with E-state index in [4.69, 9.17) is 0 Å². The van der Waals surface area contributed by atoms with Crippen LogP contribution in [0, 0.1) is 0 Å². The molecular formula is C17H21F3N6O2. The van der Waals surface area contributed by atoms with Gasteiger partial charge in [0.05, 0.1) is 12.2 Å². The highest BCUT2D eigenvalue weighted by atomic mass is 19.4. The summed E-state index contributed by atoms with van der Waals surface area (Å²) in [4.78, 5) is 31.7. The maximum atomic E-state index is 12.0. The Kier molecular flexibility index (Phi) is 6.15. The number of fused-ring (bicyclic) bond motifs is 1. The zero-order valence-electron chi connectivity index (χ0n) is 15.1. The average molecular weight is 398 g/mol. The van der Waals surface area contributed by atoms with Gasteiger partial charge in [-0.1, -0.05) is 6.07 Å². The van der Waals surface area contributed by atoms with Gasteiger partial charge in [0.1, 0.15) is 12.2 Å². The third kappa shape index (κ3) is 5.92. The Hall–Kier alpha value is -2.66. The number of aromatic nitrogens is 2. The van der Waals surface area contributed by atoms with Gasteiger partial charge < -0.3 is 9.72 Å². The van der Waals surface area contributed by atoms with Gasteiger partial charge in [0.25, 0.3) is 0 Å². The van der Waals surface area contributed by atoms with Crippen LogP contribution < -0.4 is 10.6 Å². The molecule has 1 saturated heterocycles. The van der Waals surface area contributed by atoms with E-state index in [1.807, 2.05) is 45.2 Å². The second kappa shape index (κ2) is 8.57. The van der Waals surface area contributed by atoms with Gasteiger partial charge in [-0.3, -0.25) is 19.9 Å². The Balaban J connectivity index is 1.39. The van der Waals surface area contributed by atoms with Crippen LogP contribution in [0.2, 0.25) is 0 Å². The van der Waals surface area contributed by atoms with Crippen LogP contribution in [-0.4, -0.2) is 76.6 Å². The zero-order valence-corrected chi connectivity index (χ0v) is 15.1. The van der Waals surface area contributed by atoms with Crippen LogP contribution in [0.1, 0.15) is 5.69 Å². The zero-order chi connectivity index (χ0) is 20.1. The van der Waals surface area contributed by atoms with Gasteiger partial charge >= 0.3 is 12.2 Å². The largest absolute Gasteiger partial charge is 0.405 e. The lowest BCUT2D eigenvalue weighted by atomic mass is 10.3. The molecule has 1 fully saturated rings. The van der Waals surface area contributed by atoms with Crippen molar-refractivity contribution in [2.45, 2.75) is 12.7 Å². The first-order valence-corrected chi connectivity index (χ1v) is 8.80. The van der Waals surface area contributed by atoms with Gasteiger partial charge in [0, 0.05) is 45.1 Å². The number of halogens is 3. The molecule has 1 aliphatic heterocycles. The third-order valence-electron chi connectivity index (χ3n) is 4.33. The summed E-state index contributed by atoms with van der Waals surface area (Å²) in [5.74, 6) is -0.631. The summed E-state index contributed by atoms with van der Waals surface area (Å²) in [7, 11) is 0. The number of hydrogen-bond acceptors (Lipinski definition) is 5. The van der Waals surface area contributed by atoms with Gasteiger partial charge in [0.2, 0.25) is 5.91 Å². The predicted octanol–water partition coefficient (Wildman–Crippen LogP) is 0.840. The molecule has 0 aliphatic carbocycles. The number of alkyl halides is 3. The summed E-state index contributed by atoms with van der Waals surface area (Å²) in [6, 6.07) is 4.66. The van der Waals surface area contributed by atoms with Crippen molar-refractivity contribution in [1.82, 2.24) is 29.8 Å². The minimum atomic E-state index is -4.52. The summed E-state index contributed by atoms with van der Waals surface area (Å²) in [5, 5.41) is 3.51. The topological polar surface area (TPSA) is 82.0 Å². The van der Waals surface area contributed by atoms with Crippen molar-refractivity contribution >= 4 is 17.6 Å². The first-order chi connectivity index (χ1) is 13.3. The molecule has 3 heterocycles. The molecule has 1 aliphatic rings. The van der Waals surface area contributed by atoms with Crippen molar-refractivity contribution in [2.24, 2.45) is 0 Å². The second-order valence-corrected chi connectivity index (χ2v) is 6.60. The molecule has 0 spiro atoms. The molecule has 2 aromatic rings. The molecule has 0 saturated carbocycles. The Labute approximate surface area is 159 Å². The number of carbonyl (C=O) groups is 2. The summed E-state index contributed by atoms with van der Waals surface area (Å²) in [5.41, 5.74) is 1.84. The van der Waals surface area contributed by atoms with E-state index in [2.05, 4.69) is 9.88 Å². The van der Waals surface area contributed by atoms with E-state index >= 15 is 0 Å². The number of imide groups is 1. The normalized spacial score (nSPS) is 16.2. The molecule has 0 atom stereocenters. The molecule has 2 aromatic heterocycles. The van der Waals surface area contributed by atoms with E-state index in [0.29, 0.717) is 19.6 Å². The van der Waals surface area contributed by atoms with Gasteiger partial charge in [0.15, 0.2) is 0 Å². The van der Waals surface area contributed by atoms with Gasteiger partial charge in [-0.2, -0.15) is 13.2 Å². The van der Waals surface area contributed by atoms with E-state index in [0.717, 1.165) is 24.4 Å². The SMILES string of the molecule is O=C(CN1CCN(Cc2cn3ccccc3n2)CC1)NC(=O)NCC(F)(F)F. The number of nitrogens with one attached hydrogen (secondary N) is 2. The maximum Gasteiger partial charge on any atom is 0.405 e. The summed E-state index contributed by atoms with van der Waals surface area (Å²) in [6.45, 7) is 1.86. The van der Waals surface area contributed by atoms with E-state index in [-0.39, 0.29) is 6.54 Å². The lowest BCUT2D eigenvalue weighted by molar-refractivity contribution is -0.125. The number of imidazole rings is 1. The summed E-state index contributed by atoms with van der Waals surface area (Å²) >= 11 is 0. The highest BCUT2D eigenvalue weighted by Crippen LogP contribution is 2.12. The lowest BCUT2D eigenvalue weighted by Gasteiger charge is -2.33. The number of nitrogens with zero attached hydrogens (tertiary/aromatic N) is 4. The number of piperazine rings is 1. The quantitative estimate of drug-likeness (QED) is 0.780. The highest BCUT2D eigenvalue weighted by molar-refractivity contribution is 5.95. The first-order valence-electron chi connectivity index (χ1n) is 8.80. The molecule has 3 rings (SSSR count). The fourth-order valence-corrected chi connectivity index (χ4v) is 2.99. The number of carbonyl (C=O) groups excluding carboxylic acids is 2. The van der Waals surface area contributed by atoms with Gasteiger partial charge in [-0.15, -0.1) is 0 Å². The molecule has 11 heteroatoms. The molecule has 8 nitrogen and oxygen atoms in total. The Bertz CT molecular complexity index is 797. The minimum Gasteiger partial charge on any atom is -0.329 e. The van der Waals surface area contributed by atoms with Crippen molar-refractivity contribution in [3.8, 4) is 0 Å². The van der Waals surface area contributed by atoms with Crippen molar-refractivity contribution in [2.75, 3.05) is 39.3 Å². The maximum absolute atomic E-state index is 12.0. The molecule has 28 heavy (non-hydrogen) atoms. The molecule has 0 bridgehead atoms. The monoisotopic (exact) mass is 398 g/mol. The lowest BCUT2D eigenvalue weighted by Crippen LogP contribution is -2.51. The van der Waals surface area contributed by atoms with E-state index < -0.39 is 24.7 Å². The van der Waals surface area contributed by atoms with Crippen LogP contribution in [0.5, 0.6) is 0 Å². The number of amides is 3. The van der Waals surface area contributed by atoms with Crippen LogP contribution in [-0.2, 0) is 11.3 Å². The highest BCUT2D eigenvalue weighted by Gasteiger charge is 2.28.